The summed E-state index contributed by atoms with van der Waals surface area (Å²) < 4.78 is 153. The summed E-state index contributed by atoms with van der Waals surface area (Å²) in [7, 11) is -28.0. The fraction of sp³-hybridized carbons (Fsp3) is 0.273. The number of rotatable bonds is 9. The van der Waals surface area contributed by atoms with Gasteiger partial charge in [0.15, 0.2) is 0 Å². The van der Waals surface area contributed by atoms with E-state index in [1.165, 1.54) is 12.1 Å². The number of phenolic OH excluding ortho intramolecular Hbond substituents is 1. The highest BCUT2D eigenvalue weighted by Gasteiger charge is 2.36. The molecule has 0 aliphatic heterocycles. The molecule has 0 radical (unpaired) electrons. The van der Waals surface area contributed by atoms with Crippen molar-refractivity contribution in [2.24, 2.45) is 0 Å². The minimum Gasteiger partial charge on any atom is -0.507 e. The molecule has 44 heavy (non-hydrogen) atoms. The molecular weight excluding hydrogens is 707 g/mol. The smallest absolute Gasteiger partial charge is 0.245 e. The zero-order valence-corrected chi connectivity index (χ0v) is 28.5. The van der Waals surface area contributed by atoms with Gasteiger partial charge in [0.05, 0.1) is 54.6 Å². The SMILES string of the molecule is CS(=O)(=O)N(c1cc(O)c2ccc3c(N(S(C)(=O)=O)S(C)(=O)=O)cc(N(S(C)(=O)=O)S(C)(=O)=O)c4ccc1c2c34)S(C)(=O)=O. The third-order valence-electron chi connectivity index (χ3n) is 6.21. The van der Waals surface area contributed by atoms with Crippen LogP contribution in [0.25, 0.3) is 32.3 Å². The number of hydrogen-bond acceptors (Lipinski definition) is 13. The van der Waals surface area contributed by atoms with Crippen LogP contribution in [0.2, 0.25) is 0 Å². The highest BCUT2D eigenvalue weighted by Crippen LogP contribution is 2.49. The van der Waals surface area contributed by atoms with Gasteiger partial charge in [0.25, 0.3) is 0 Å². The molecule has 4 aromatic carbocycles. The number of anilines is 3. The average Bonchev–Trinajstić information content (AvgIpc) is 2.74. The molecule has 0 saturated carbocycles. The third-order valence-corrected chi connectivity index (χ3v) is 15.9. The van der Waals surface area contributed by atoms with E-state index in [0.29, 0.717) is 37.5 Å². The fourth-order valence-electron chi connectivity index (χ4n) is 5.18. The molecule has 0 aromatic heterocycles. The topological polar surface area (TPSA) is 235 Å². The first-order chi connectivity index (χ1) is 19.6. The third kappa shape index (κ3) is 5.69. The molecule has 4 rings (SSSR count). The largest absolute Gasteiger partial charge is 0.507 e. The van der Waals surface area contributed by atoms with Crippen LogP contribution in [0, 0.1) is 0 Å². The van der Waals surface area contributed by atoms with Crippen molar-refractivity contribution in [1.29, 1.82) is 0 Å². The first-order valence-corrected chi connectivity index (χ1v) is 22.8. The Kier molecular flexibility index (Phi) is 7.59. The summed E-state index contributed by atoms with van der Waals surface area (Å²) >= 11 is 0. The van der Waals surface area contributed by atoms with Crippen LogP contribution in [0.3, 0.4) is 0 Å². The molecule has 0 aliphatic carbocycles. The Morgan fingerprint density at radius 3 is 0.909 bits per heavy atom. The van der Waals surface area contributed by atoms with Crippen molar-refractivity contribution >= 4 is 110 Å². The predicted molar refractivity (Wildman–Crippen MR) is 168 cm³/mol. The van der Waals surface area contributed by atoms with Crippen LogP contribution in [0.15, 0.2) is 36.4 Å². The quantitative estimate of drug-likeness (QED) is 0.231. The van der Waals surface area contributed by atoms with E-state index in [1.807, 2.05) is 0 Å². The molecule has 0 atom stereocenters. The molecule has 16 nitrogen and oxygen atoms in total. The molecule has 4 aromatic rings. The Labute approximate surface area is 254 Å². The summed E-state index contributed by atoms with van der Waals surface area (Å²) in [5.74, 6) is -0.669. The average molecular weight is 732 g/mol. The number of nitrogens with zero attached hydrogens (tertiary/aromatic N) is 3. The lowest BCUT2D eigenvalue weighted by Gasteiger charge is -2.28. The van der Waals surface area contributed by atoms with Crippen molar-refractivity contribution in [3.63, 3.8) is 0 Å². The van der Waals surface area contributed by atoms with E-state index in [1.54, 1.807) is 0 Å². The summed E-state index contributed by atoms with van der Waals surface area (Å²) in [6, 6.07) is 6.27. The van der Waals surface area contributed by atoms with Crippen LogP contribution in [0.5, 0.6) is 5.75 Å². The minimum absolute atomic E-state index is 0.0338. The molecule has 0 saturated heterocycles. The summed E-state index contributed by atoms with van der Waals surface area (Å²) in [6.07, 6.45) is 3.33. The Balaban J connectivity index is 2.47. The van der Waals surface area contributed by atoms with Crippen molar-refractivity contribution in [2.75, 3.05) is 48.7 Å². The Bertz CT molecular complexity index is 2380. The van der Waals surface area contributed by atoms with Crippen LogP contribution < -0.4 is 11.1 Å². The second-order valence-corrected chi connectivity index (χ2v) is 21.8. The normalized spacial score (nSPS) is 14.0. The van der Waals surface area contributed by atoms with Gasteiger partial charge >= 0.3 is 0 Å². The molecule has 0 amide bonds. The number of sulfonamides is 6. The highest BCUT2D eigenvalue weighted by atomic mass is 32.3. The van der Waals surface area contributed by atoms with Gasteiger partial charge in [-0.2, -0.15) is 11.1 Å². The van der Waals surface area contributed by atoms with Gasteiger partial charge in [-0.25, -0.2) is 50.5 Å². The molecule has 0 fully saturated rings. The number of hydrogen-bond donors (Lipinski definition) is 1. The summed E-state index contributed by atoms with van der Waals surface area (Å²) in [6.45, 7) is 0. The van der Waals surface area contributed by atoms with E-state index < -0.39 is 83.0 Å². The standard InChI is InChI=1S/C22H25N3O13S6/c1-39(27,28)23(40(2,29)30)17-11-18(24(41(3,31)32)42(4,33)34)14-9-10-16-20(26)12-19(25(43(5,35)36)44(6,37)38)15-8-7-13(17)21(14)22(15)16/h7-12,26H,1-6H3. The van der Waals surface area contributed by atoms with E-state index in [9.17, 15) is 55.6 Å². The highest BCUT2D eigenvalue weighted by molar-refractivity contribution is 8.10. The first kappa shape index (κ1) is 33.7. The lowest BCUT2D eigenvalue weighted by Crippen LogP contribution is -2.37. The molecule has 0 unspecified atom stereocenters. The second-order valence-electron chi connectivity index (χ2n) is 10.1. The number of benzene rings is 4. The van der Waals surface area contributed by atoms with Crippen molar-refractivity contribution in [3.8, 4) is 5.75 Å². The molecule has 0 aliphatic rings. The molecule has 1 N–H and O–H groups in total. The first-order valence-electron chi connectivity index (χ1n) is 11.7. The fourth-order valence-corrected chi connectivity index (χ4v) is 14.1. The number of aromatic hydroxyl groups is 1. The summed E-state index contributed by atoms with van der Waals surface area (Å²) in [5.41, 5.74) is -2.00. The molecule has 0 heterocycles. The van der Waals surface area contributed by atoms with Gasteiger partial charge < -0.3 is 5.11 Å². The number of phenols is 1. The molecular formula is C22H25N3O13S6. The Hall–Kier alpha value is -3.18. The van der Waals surface area contributed by atoms with Crippen LogP contribution in [-0.2, 0) is 60.1 Å². The van der Waals surface area contributed by atoms with Gasteiger partial charge in [0.2, 0.25) is 60.1 Å². The van der Waals surface area contributed by atoms with Gasteiger partial charge in [0.1, 0.15) is 5.75 Å². The van der Waals surface area contributed by atoms with Crippen molar-refractivity contribution in [3.05, 3.63) is 36.4 Å². The molecule has 22 heteroatoms. The van der Waals surface area contributed by atoms with Gasteiger partial charge in [-0.1, -0.05) is 18.2 Å². The van der Waals surface area contributed by atoms with Gasteiger partial charge in [-0.3, -0.25) is 0 Å². The summed E-state index contributed by atoms with van der Waals surface area (Å²) in [4.78, 5) is 0. The van der Waals surface area contributed by atoms with E-state index in [0.717, 1.165) is 24.3 Å². The summed E-state index contributed by atoms with van der Waals surface area (Å²) in [5, 5.41) is 9.87. The minimum atomic E-state index is -4.71. The van der Waals surface area contributed by atoms with Crippen LogP contribution in [-0.4, -0.2) is 93.1 Å². The van der Waals surface area contributed by atoms with Crippen LogP contribution in [0.1, 0.15) is 0 Å². The maximum absolute atomic E-state index is 12.8. The van der Waals surface area contributed by atoms with Gasteiger partial charge in [0, 0.05) is 38.4 Å². The Morgan fingerprint density at radius 1 is 0.409 bits per heavy atom. The van der Waals surface area contributed by atoms with Crippen molar-refractivity contribution in [2.45, 2.75) is 0 Å². The van der Waals surface area contributed by atoms with Crippen molar-refractivity contribution in [1.82, 2.24) is 0 Å². The molecule has 0 spiro atoms. The predicted octanol–water partition coefficient (Wildman–Crippen LogP) is 0.466. The maximum Gasteiger partial charge on any atom is 0.245 e. The maximum atomic E-state index is 12.8. The van der Waals surface area contributed by atoms with Gasteiger partial charge in [-0.15, -0.1) is 0 Å². The lowest BCUT2D eigenvalue weighted by molar-refractivity contribution is 0.482. The van der Waals surface area contributed by atoms with Gasteiger partial charge in [-0.05, 0) is 12.1 Å². The monoisotopic (exact) mass is 731 g/mol. The van der Waals surface area contributed by atoms with E-state index in [-0.39, 0.29) is 43.4 Å². The van der Waals surface area contributed by atoms with E-state index in [2.05, 4.69) is 0 Å². The molecule has 242 valence electrons. The Morgan fingerprint density at radius 2 is 0.636 bits per heavy atom. The zero-order valence-electron chi connectivity index (χ0n) is 23.6. The van der Waals surface area contributed by atoms with Crippen molar-refractivity contribution < 1.29 is 55.6 Å². The van der Waals surface area contributed by atoms with E-state index >= 15 is 0 Å². The van der Waals surface area contributed by atoms with Crippen LogP contribution in [0.4, 0.5) is 17.1 Å². The van der Waals surface area contributed by atoms with Crippen LogP contribution >= 0.6 is 0 Å². The lowest BCUT2D eigenvalue weighted by atomic mass is 9.91. The molecule has 0 bridgehead atoms. The zero-order chi connectivity index (χ0) is 33.7. The van der Waals surface area contributed by atoms with E-state index in [4.69, 9.17) is 0 Å². The second kappa shape index (κ2) is 9.91.